The van der Waals surface area contributed by atoms with Crippen molar-refractivity contribution >= 4 is 5.91 Å². The van der Waals surface area contributed by atoms with Crippen LogP contribution in [0.2, 0.25) is 0 Å². The van der Waals surface area contributed by atoms with Gasteiger partial charge in [0.25, 0.3) is 5.91 Å². The number of methoxy groups -OCH3 is 1. The van der Waals surface area contributed by atoms with E-state index in [0.717, 1.165) is 25.2 Å². The molecule has 2 atom stereocenters. The lowest BCUT2D eigenvalue weighted by molar-refractivity contribution is 0.0668. The van der Waals surface area contributed by atoms with Gasteiger partial charge in [-0.3, -0.25) is 9.69 Å². The first kappa shape index (κ1) is 25.7. The maximum absolute atomic E-state index is 13.5. The van der Waals surface area contributed by atoms with E-state index in [4.69, 9.17) is 4.74 Å². The number of benzene rings is 3. The molecule has 1 aliphatic rings. The van der Waals surface area contributed by atoms with E-state index in [1.54, 1.807) is 25.3 Å². The number of ether oxygens (including phenoxy) is 1. The highest BCUT2D eigenvalue weighted by atomic mass is 19.1. The molecule has 1 aliphatic heterocycles. The molecular weight excluding hydrogens is 455 g/mol. The lowest BCUT2D eigenvalue weighted by atomic mass is 9.86. The molecule has 3 aromatic carbocycles. The van der Waals surface area contributed by atoms with Crippen LogP contribution in [-0.2, 0) is 6.54 Å². The van der Waals surface area contributed by atoms with Gasteiger partial charge in [-0.15, -0.1) is 0 Å². The van der Waals surface area contributed by atoms with E-state index >= 15 is 0 Å². The molecule has 1 heterocycles. The van der Waals surface area contributed by atoms with Gasteiger partial charge in [-0.1, -0.05) is 30.3 Å². The van der Waals surface area contributed by atoms with E-state index in [2.05, 4.69) is 36.1 Å². The largest absolute Gasteiger partial charge is 0.504 e. The Labute approximate surface area is 213 Å². The number of phenolic OH excluding ortho intramolecular Hbond substituents is 1. The molecular formula is C30H35FN2O3. The fraction of sp³-hybridized carbons (Fsp3) is 0.367. The van der Waals surface area contributed by atoms with Crippen LogP contribution in [0.15, 0.2) is 66.7 Å². The number of hydrogen-bond donors (Lipinski definition) is 1. The van der Waals surface area contributed by atoms with Gasteiger partial charge < -0.3 is 14.7 Å². The van der Waals surface area contributed by atoms with Gasteiger partial charge in [-0.05, 0) is 79.8 Å². The number of carbonyl (C=O) groups is 1. The predicted molar refractivity (Wildman–Crippen MR) is 140 cm³/mol. The van der Waals surface area contributed by atoms with Crippen molar-refractivity contribution in [3.8, 4) is 11.5 Å². The van der Waals surface area contributed by atoms with E-state index < -0.39 is 0 Å². The van der Waals surface area contributed by atoms with Gasteiger partial charge in [0.1, 0.15) is 5.82 Å². The molecule has 0 aliphatic carbocycles. The maximum Gasteiger partial charge on any atom is 0.254 e. The second-order valence-corrected chi connectivity index (χ2v) is 9.98. The average molecular weight is 491 g/mol. The van der Waals surface area contributed by atoms with Crippen LogP contribution in [0.25, 0.3) is 0 Å². The number of aryl methyl sites for hydroxylation is 1. The number of likely N-dealkylation sites (tertiary alicyclic amines) is 1. The standard InChI is InChI=1S/C30H35FN2O3/c1-20(2)33(30(35)23-10-12-25(31)13-11-23)18-24-17-32(16-22-9-14-28(34)29(15-22)36-4)19-27(24)26-8-6-5-7-21(26)3/h5-15,20,24,27,34H,16-19H2,1-4H3. The molecule has 3 aromatic rings. The van der Waals surface area contributed by atoms with Crippen LogP contribution in [0.3, 0.4) is 0 Å². The van der Waals surface area contributed by atoms with Crippen molar-refractivity contribution in [2.24, 2.45) is 5.92 Å². The third-order valence-electron chi connectivity index (χ3n) is 7.16. The number of rotatable bonds is 8. The summed E-state index contributed by atoms with van der Waals surface area (Å²) in [6, 6.07) is 19.8. The van der Waals surface area contributed by atoms with Gasteiger partial charge in [-0.2, -0.15) is 0 Å². The molecule has 0 spiro atoms. The van der Waals surface area contributed by atoms with Crippen LogP contribution in [0, 0.1) is 18.7 Å². The van der Waals surface area contributed by atoms with Crippen LogP contribution < -0.4 is 4.74 Å². The Hall–Kier alpha value is -3.38. The molecule has 4 rings (SSSR count). The molecule has 0 saturated carbocycles. The van der Waals surface area contributed by atoms with Gasteiger partial charge in [0.05, 0.1) is 7.11 Å². The number of phenols is 1. The Morgan fingerprint density at radius 2 is 1.83 bits per heavy atom. The summed E-state index contributed by atoms with van der Waals surface area (Å²) >= 11 is 0. The molecule has 1 fully saturated rings. The highest BCUT2D eigenvalue weighted by Gasteiger charge is 2.37. The molecule has 0 radical (unpaired) electrons. The van der Waals surface area contributed by atoms with E-state index in [1.807, 2.05) is 30.9 Å². The number of carbonyl (C=O) groups excluding carboxylic acids is 1. The summed E-state index contributed by atoms with van der Waals surface area (Å²) in [5.41, 5.74) is 4.13. The summed E-state index contributed by atoms with van der Waals surface area (Å²) in [6.07, 6.45) is 0. The van der Waals surface area contributed by atoms with Gasteiger partial charge in [-0.25, -0.2) is 4.39 Å². The van der Waals surface area contributed by atoms with Gasteiger partial charge in [0.2, 0.25) is 0 Å². The monoisotopic (exact) mass is 490 g/mol. The van der Waals surface area contributed by atoms with Crippen molar-refractivity contribution in [1.29, 1.82) is 0 Å². The predicted octanol–water partition coefficient (Wildman–Crippen LogP) is 5.61. The molecule has 6 heteroatoms. The number of halogens is 1. The number of nitrogens with zero attached hydrogens (tertiary/aromatic N) is 2. The average Bonchev–Trinajstić information content (AvgIpc) is 3.25. The first-order chi connectivity index (χ1) is 17.3. The molecule has 5 nitrogen and oxygen atoms in total. The van der Waals surface area contributed by atoms with Crippen LogP contribution >= 0.6 is 0 Å². The molecule has 190 valence electrons. The van der Waals surface area contributed by atoms with Crippen LogP contribution in [0.1, 0.15) is 46.8 Å². The normalized spacial score (nSPS) is 17.9. The fourth-order valence-electron chi connectivity index (χ4n) is 5.25. The van der Waals surface area contributed by atoms with Crippen molar-refractivity contribution in [3.05, 3.63) is 94.8 Å². The van der Waals surface area contributed by atoms with E-state index in [-0.39, 0.29) is 35.4 Å². The zero-order valence-electron chi connectivity index (χ0n) is 21.4. The van der Waals surface area contributed by atoms with Gasteiger partial charge in [0, 0.05) is 43.7 Å². The summed E-state index contributed by atoms with van der Waals surface area (Å²) in [5.74, 6) is 0.680. The third kappa shape index (κ3) is 5.71. The van der Waals surface area contributed by atoms with E-state index in [0.29, 0.717) is 17.9 Å². The van der Waals surface area contributed by atoms with Crippen LogP contribution in [0.4, 0.5) is 4.39 Å². The molecule has 36 heavy (non-hydrogen) atoms. The topological polar surface area (TPSA) is 53.0 Å². The van der Waals surface area contributed by atoms with E-state index in [9.17, 15) is 14.3 Å². The van der Waals surface area contributed by atoms with Crippen molar-refractivity contribution < 1.29 is 19.0 Å². The van der Waals surface area contributed by atoms with Gasteiger partial charge >= 0.3 is 0 Å². The van der Waals surface area contributed by atoms with Crippen LogP contribution in [-0.4, -0.2) is 53.6 Å². The van der Waals surface area contributed by atoms with Crippen molar-refractivity contribution in [2.45, 2.75) is 39.3 Å². The van der Waals surface area contributed by atoms with E-state index in [1.165, 1.54) is 23.3 Å². The Morgan fingerprint density at radius 1 is 1.11 bits per heavy atom. The molecule has 0 bridgehead atoms. The summed E-state index contributed by atoms with van der Waals surface area (Å²) in [6.45, 7) is 9.24. The molecule has 1 amide bonds. The third-order valence-corrected chi connectivity index (χ3v) is 7.16. The molecule has 1 N–H and O–H groups in total. The lowest BCUT2D eigenvalue weighted by Crippen LogP contribution is -2.42. The Bertz CT molecular complexity index is 1200. The molecule has 0 aromatic heterocycles. The molecule has 2 unspecified atom stereocenters. The van der Waals surface area contributed by atoms with Crippen molar-refractivity contribution in [3.63, 3.8) is 0 Å². The van der Waals surface area contributed by atoms with Crippen molar-refractivity contribution in [2.75, 3.05) is 26.7 Å². The Kier molecular flexibility index (Phi) is 7.94. The smallest absolute Gasteiger partial charge is 0.254 e. The lowest BCUT2D eigenvalue weighted by Gasteiger charge is -2.32. The zero-order chi connectivity index (χ0) is 25.8. The number of aromatic hydroxyl groups is 1. The summed E-state index contributed by atoms with van der Waals surface area (Å²) in [4.78, 5) is 17.7. The fourth-order valence-corrected chi connectivity index (χ4v) is 5.25. The first-order valence-corrected chi connectivity index (χ1v) is 12.5. The first-order valence-electron chi connectivity index (χ1n) is 12.5. The Balaban J connectivity index is 1.59. The summed E-state index contributed by atoms with van der Waals surface area (Å²) in [7, 11) is 1.55. The van der Waals surface area contributed by atoms with Crippen LogP contribution in [0.5, 0.6) is 11.5 Å². The number of amides is 1. The minimum absolute atomic E-state index is 0.00971. The van der Waals surface area contributed by atoms with Gasteiger partial charge in [0.15, 0.2) is 11.5 Å². The zero-order valence-corrected chi connectivity index (χ0v) is 21.4. The maximum atomic E-state index is 13.5. The second-order valence-electron chi connectivity index (χ2n) is 9.98. The second kappa shape index (κ2) is 11.1. The minimum Gasteiger partial charge on any atom is -0.504 e. The SMILES string of the molecule is COc1cc(CN2CC(CN(C(=O)c3ccc(F)cc3)C(C)C)C(c3ccccc3C)C2)ccc1O. The van der Waals surface area contributed by atoms with Crippen molar-refractivity contribution in [1.82, 2.24) is 9.80 Å². The highest BCUT2D eigenvalue weighted by molar-refractivity contribution is 5.94. The quantitative estimate of drug-likeness (QED) is 0.446. The highest BCUT2D eigenvalue weighted by Crippen LogP contribution is 2.37. The summed E-state index contributed by atoms with van der Waals surface area (Å²) < 4.78 is 18.7. The Morgan fingerprint density at radius 3 is 2.50 bits per heavy atom. The number of hydrogen-bond acceptors (Lipinski definition) is 4. The minimum atomic E-state index is -0.348. The summed E-state index contributed by atoms with van der Waals surface area (Å²) in [5, 5.41) is 9.97. The molecule has 1 saturated heterocycles.